The number of hydrogen-bond donors (Lipinski definition) is 1. The monoisotopic (exact) mass is 565 g/mol. The van der Waals surface area contributed by atoms with E-state index in [4.69, 9.17) is 0 Å². The van der Waals surface area contributed by atoms with Crippen LogP contribution in [0.5, 0.6) is 0 Å². The fraction of sp³-hybridized carbons (Fsp3) is 0.667. The second-order valence-corrected chi connectivity index (χ2v) is 13.2. The van der Waals surface area contributed by atoms with Crippen molar-refractivity contribution < 1.29 is 22.8 Å². The average molecular weight is 566 g/mol. The molecule has 8 atom stereocenters. The number of alkyl halides is 3. The zero-order chi connectivity index (χ0) is 26.0. The number of nitrogens with zero attached hydrogens (tertiary/aromatic N) is 2. The Bertz CT molecular complexity index is 1110. The Morgan fingerprint density at radius 2 is 1.94 bits per heavy atom. The summed E-state index contributed by atoms with van der Waals surface area (Å²) in [6.07, 6.45) is 7.04. The number of likely N-dealkylation sites (N-methyl/N-ethyl adjacent to an activating group) is 1. The van der Waals surface area contributed by atoms with Crippen molar-refractivity contribution in [3.05, 3.63) is 30.0 Å². The zero-order valence-electron chi connectivity index (χ0n) is 21.1. The van der Waals surface area contributed by atoms with Gasteiger partial charge in [0, 0.05) is 7.05 Å². The summed E-state index contributed by atoms with van der Waals surface area (Å²) in [7, 11) is 1.93. The van der Waals surface area contributed by atoms with Crippen molar-refractivity contribution in [3.8, 4) is 0 Å². The SMILES string of the molecule is CN1C(=O)C=C[C@]2(C)[C@H]3CC[C@]4(C)[C@@H](CC(=O)Nc5ncc(C(F)(F)F)cc5[AsH2])CC[C@H]4[C@@H]3CC[C@@H]12. The molecule has 1 N–H and O–H groups in total. The molecule has 2 heterocycles. The molecule has 2 amide bonds. The molecule has 196 valence electrons. The molecule has 1 unspecified atom stereocenters. The molecule has 3 aliphatic carbocycles. The van der Waals surface area contributed by atoms with E-state index >= 15 is 0 Å². The fourth-order valence-corrected chi connectivity index (χ4v) is 9.02. The number of pyridine rings is 1. The van der Waals surface area contributed by atoms with Crippen LogP contribution in [0.4, 0.5) is 19.0 Å². The van der Waals surface area contributed by atoms with Gasteiger partial charge in [0.15, 0.2) is 0 Å². The molecule has 0 aromatic carbocycles. The number of rotatable bonds is 3. The van der Waals surface area contributed by atoms with Crippen molar-refractivity contribution in [1.82, 2.24) is 9.88 Å². The molecule has 1 aromatic rings. The number of nitrogens with one attached hydrogen (secondary N) is 1. The third-order valence-corrected chi connectivity index (χ3v) is 11.2. The van der Waals surface area contributed by atoms with E-state index < -0.39 is 11.7 Å². The number of aromatic nitrogens is 1. The maximum atomic E-state index is 13.0. The Labute approximate surface area is 219 Å². The molecule has 0 bridgehead atoms. The predicted molar refractivity (Wildman–Crippen MR) is 134 cm³/mol. The zero-order valence-corrected chi connectivity index (χ0v) is 23.5. The first-order chi connectivity index (χ1) is 16.8. The number of hydrogen-bond acceptors (Lipinski definition) is 3. The maximum absolute atomic E-state index is 13.0. The summed E-state index contributed by atoms with van der Waals surface area (Å²) in [5, 5.41) is 2.79. The minimum absolute atomic E-state index is 0.00408. The summed E-state index contributed by atoms with van der Waals surface area (Å²) in [6, 6.07) is 1.31. The third-order valence-electron chi connectivity index (χ3n) is 10.3. The summed E-state index contributed by atoms with van der Waals surface area (Å²) in [5.74, 6) is 2.09. The molecule has 1 aromatic heterocycles. The van der Waals surface area contributed by atoms with Crippen molar-refractivity contribution in [2.24, 2.45) is 34.5 Å². The van der Waals surface area contributed by atoms with Gasteiger partial charge in [0.2, 0.25) is 5.91 Å². The van der Waals surface area contributed by atoms with Gasteiger partial charge in [-0.3, -0.25) is 4.79 Å². The van der Waals surface area contributed by atoms with Gasteiger partial charge in [-0.2, -0.15) is 0 Å². The average Bonchev–Trinajstić information content (AvgIpc) is 3.13. The van der Waals surface area contributed by atoms with Crippen molar-refractivity contribution in [2.45, 2.75) is 71.0 Å². The Morgan fingerprint density at radius 1 is 1.19 bits per heavy atom. The first-order valence-corrected chi connectivity index (χ1v) is 14.1. The molecule has 0 radical (unpaired) electrons. The van der Waals surface area contributed by atoms with Gasteiger partial charge < -0.3 is 4.90 Å². The first kappa shape index (κ1) is 25.8. The van der Waals surface area contributed by atoms with Gasteiger partial charge >= 0.3 is 191 Å². The van der Waals surface area contributed by atoms with Crippen molar-refractivity contribution in [3.63, 3.8) is 0 Å². The van der Waals surface area contributed by atoms with Crippen LogP contribution >= 0.6 is 0 Å². The summed E-state index contributed by atoms with van der Waals surface area (Å²) in [4.78, 5) is 31.1. The summed E-state index contributed by atoms with van der Waals surface area (Å²) < 4.78 is 39.3. The van der Waals surface area contributed by atoms with Crippen molar-refractivity contribution in [1.29, 1.82) is 0 Å². The predicted octanol–water partition coefficient (Wildman–Crippen LogP) is 3.94. The Balaban J connectivity index is 1.28. The first-order valence-electron chi connectivity index (χ1n) is 12.9. The van der Waals surface area contributed by atoms with Crippen LogP contribution in [0.2, 0.25) is 0 Å². The number of fused-ring (bicyclic) bond motifs is 5. The molecule has 0 spiro atoms. The Morgan fingerprint density at radius 3 is 2.64 bits per heavy atom. The van der Waals surface area contributed by atoms with Gasteiger partial charge in [-0.05, 0) is 6.08 Å². The van der Waals surface area contributed by atoms with Gasteiger partial charge in [0.05, 0.1) is 0 Å². The second-order valence-electron chi connectivity index (χ2n) is 11.8. The normalized spacial score (nSPS) is 37.8. The van der Waals surface area contributed by atoms with Crippen LogP contribution in [-0.4, -0.2) is 51.6 Å². The molecule has 9 heteroatoms. The molecule has 1 aliphatic heterocycles. The van der Waals surface area contributed by atoms with Crippen LogP contribution in [0, 0.1) is 34.5 Å². The molecule has 5 rings (SSSR count). The van der Waals surface area contributed by atoms with Gasteiger partial charge in [-0.25, -0.2) is 0 Å². The van der Waals surface area contributed by atoms with E-state index in [0.717, 1.165) is 67.6 Å². The molecule has 0 saturated heterocycles. The van der Waals surface area contributed by atoms with Crippen LogP contribution in [0.3, 0.4) is 0 Å². The third kappa shape index (κ3) is 4.12. The van der Waals surface area contributed by atoms with E-state index in [-0.39, 0.29) is 40.4 Å². The van der Waals surface area contributed by atoms with E-state index in [1.54, 1.807) is 6.08 Å². The quantitative estimate of drug-likeness (QED) is 0.565. The fourth-order valence-electron chi connectivity index (χ4n) is 8.33. The van der Waals surface area contributed by atoms with E-state index in [0.29, 0.717) is 28.5 Å². The van der Waals surface area contributed by atoms with Crippen LogP contribution < -0.4 is 9.67 Å². The molecular weight excluding hydrogens is 530 g/mol. The van der Waals surface area contributed by atoms with Gasteiger partial charge in [0.25, 0.3) is 0 Å². The molecule has 5 nitrogen and oxygen atoms in total. The van der Waals surface area contributed by atoms with E-state index in [9.17, 15) is 22.8 Å². The van der Waals surface area contributed by atoms with Crippen LogP contribution in [-0.2, 0) is 15.8 Å². The van der Waals surface area contributed by atoms with E-state index in [1.807, 2.05) is 11.9 Å². The number of carbonyl (C=O) groups excluding carboxylic acids is 2. The molecule has 36 heavy (non-hydrogen) atoms. The van der Waals surface area contributed by atoms with Gasteiger partial charge in [-0.15, -0.1) is 0 Å². The Hall–Kier alpha value is -1.82. The number of anilines is 1. The molecule has 3 fully saturated rings. The number of halogens is 3. The van der Waals surface area contributed by atoms with Gasteiger partial charge in [-0.1, -0.05) is 0 Å². The van der Waals surface area contributed by atoms with Gasteiger partial charge in [0.1, 0.15) is 0 Å². The van der Waals surface area contributed by atoms with E-state index in [1.165, 1.54) is 0 Å². The van der Waals surface area contributed by atoms with Crippen LogP contribution in [0.1, 0.15) is 64.4 Å². The number of carbonyl (C=O) groups is 2. The Kier molecular flexibility index (Phi) is 6.37. The minimum atomic E-state index is -4.45. The summed E-state index contributed by atoms with van der Waals surface area (Å²) in [5.41, 5.74) is -0.723. The summed E-state index contributed by atoms with van der Waals surface area (Å²) >= 11 is 1.01. The molecule has 3 saturated carbocycles. The van der Waals surface area contributed by atoms with E-state index in [2.05, 4.69) is 30.2 Å². The molecular formula is C27H35AsF3N3O2. The molecule has 4 aliphatic rings. The standard InChI is InChI=1S/C27H35AsF3N3O2/c1-25-10-8-19-17(5-7-21-26(19,2)11-9-23(36)34(21)3)18(25)6-4-15(25)13-22(35)33-24-20(28)12-16(14-32-24)27(29,30)31/h9,11-12,14-15,17-19,21H,4-8,10,13,28H2,1-3H3,(H,32,33,35)/t15-,17+,18+,19+,21-,25-,26-/m1/s1. The topological polar surface area (TPSA) is 62.3 Å². The van der Waals surface area contributed by atoms with Crippen molar-refractivity contribution >= 4 is 38.8 Å². The summed E-state index contributed by atoms with van der Waals surface area (Å²) in [6.45, 7) is 4.68. The second kappa shape index (κ2) is 8.89. The van der Waals surface area contributed by atoms with Crippen molar-refractivity contribution in [2.75, 3.05) is 12.4 Å². The van der Waals surface area contributed by atoms with Crippen LogP contribution in [0.25, 0.3) is 0 Å². The van der Waals surface area contributed by atoms with Crippen LogP contribution in [0.15, 0.2) is 24.4 Å². The number of amides is 2.